The van der Waals surface area contributed by atoms with Gasteiger partial charge in [-0.3, -0.25) is 9.59 Å². The highest BCUT2D eigenvalue weighted by molar-refractivity contribution is 5.96. The van der Waals surface area contributed by atoms with Crippen LogP contribution in [-0.2, 0) is 9.53 Å². The Morgan fingerprint density at radius 1 is 1.30 bits per heavy atom. The van der Waals surface area contributed by atoms with Gasteiger partial charge < -0.3 is 14.8 Å². The Morgan fingerprint density at radius 2 is 1.95 bits per heavy atom. The van der Waals surface area contributed by atoms with E-state index in [2.05, 4.69) is 15.0 Å². The molecule has 0 atom stereocenters. The van der Waals surface area contributed by atoms with Crippen molar-refractivity contribution >= 4 is 18.3 Å². The Balaban J connectivity index is 3.17. The zero-order chi connectivity index (χ0) is 15.3. The van der Waals surface area contributed by atoms with Gasteiger partial charge in [-0.1, -0.05) is 0 Å². The van der Waals surface area contributed by atoms with E-state index in [0.29, 0.717) is 0 Å². The summed E-state index contributed by atoms with van der Waals surface area (Å²) >= 11 is 0. The maximum Gasteiger partial charge on any atom is 0.338 e. The number of aromatic nitrogens is 1. The molecule has 0 unspecified atom stereocenters. The maximum atomic E-state index is 12.0. The zero-order valence-corrected chi connectivity index (χ0v) is 11.7. The number of esters is 1. The second-order valence-electron chi connectivity index (χ2n) is 4.87. The lowest BCUT2D eigenvalue weighted by atomic mass is 10.1. The number of nitrogens with one attached hydrogen (secondary N) is 1. The summed E-state index contributed by atoms with van der Waals surface area (Å²) in [4.78, 5) is 37.7. The predicted octanol–water partition coefficient (Wildman–Crippen LogP) is 0.932. The van der Waals surface area contributed by atoms with E-state index in [1.807, 2.05) is 0 Å². The predicted molar refractivity (Wildman–Crippen MR) is 69.5 cm³/mol. The molecule has 1 aromatic rings. The minimum Gasteiger partial charge on any atom is -0.456 e. The van der Waals surface area contributed by atoms with Gasteiger partial charge in [0.1, 0.15) is 11.3 Å². The third-order valence-corrected chi connectivity index (χ3v) is 2.06. The van der Waals surface area contributed by atoms with Crippen LogP contribution in [0.5, 0.6) is 5.88 Å². The maximum absolute atomic E-state index is 12.0. The molecule has 0 aliphatic carbocycles. The summed E-state index contributed by atoms with van der Waals surface area (Å²) in [6.07, 6.45) is 0. The van der Waals surface area contributed by atoms with Crippen molar-refractivity contribution in [2.45, 2.75) is 26.4 Å². The second-order valence-corrected chi connectivity index (χ2v) is 4.87. The molecule has 7 nitrogen and oxygen atoms in total. The standard InChI is InChI=1S/C13H16N2O5/c1-13(2,3)20-12(18)8-5-9(11(17)14-4)15-10(6-8)19-7-16/h5-7H,1-4H3,(H,14,17). The normalized spacial score (nSPS) is 10.6. The van der Waals surface area contributed by atoms with Crippen LogP contribution in [0.3, 0.4) is 0 Å². The van der Waals surface area contributed by atoms with E-state index in [4.69, 9.17) is 4.74 Å². The molecule has 1 rings (SSSR count). The Hall–Kier alpha value is -2.44. The molecular weight excluding hydrogens is 264 g/mol. The van der Waals surface area contributed by atoms with Crippen LogP contribution in [0.15, 0.2) is 12.1 Å². The molecule has 1 heterocycles. The molecule has 0 aromatic carbocycles. The Kier molecular flexibility index (Phi) is 4.79. The molecule has 7 heteroatoms. The van der Waals surface area contributed by atoms with Crippen molar-refractivity contribution < 1.29 is 23.9 Å². The molecular formula is C13H16N2O5. The van der Waals surface area contributed by atoms with Crippen molar-refractivity contribution in [2.75, 3.05) is 7.05 Å². The first-order valence-electron chi connectivity index (χ1n) is 5.84. The van der Waals surface area contributed by atoms with Gasteiger partial charge in [0, 0.05) is 13.1 Å². The summed E-state index contributed by atoms with van der Waals surface area (Å²) in [7, 11) is 1.42. The monoisotopic (exact) mass is 280 g/mol. The average molecular weight is 280 g/mol. The molecule has 0 bridgehead atoms. The van der Waals surface area contributed by atoms with E-state index < -0.39 is 17.5 Å². The van der Waals surface area contributed by atoms with Gasteiger partial charge in [-0.2, -0.15) is 0 Å². The lowest BCUT2D eigenvalue weighted by molar-refractivity contribution is -0.121. The zero-order valence-electron chi connectivity index (χ0n) is 11.7. The van der Waals surface area contributed by atoms with Crippen molar-refractivity contribution in [3.63, 3.8) is 0 Å². The molecule has 0 radical (unpaired) electrons. The van der Waals surface area contributed by atoms with Crippen molar-refractivity contribution in [3.8, 4) is 5.88 Å². The first-order chi connectivity index (χ1) is 9.26. The highest BCUT2D eigenvalue weighted by atomic mass is 16.6. The third-order valence-electron chi connectivity index (χ3n) is 2.06. The largest absolute Gasteiger partial charge is 0.456 e. The molecule has 1 amide bonds. The highest BCUT2D eigenvalue weighted by Crippen LogP contribution is 2.17. The van der Waals surface area contributed by atoms with Gasteiger partial charge in [0.2, 0.25) is 5.88 Å². The van der Waals surface area contributed by atoms with Gasteiger partial charge in [0.25, 0.3) is 12.4 Å². The van der Waals surface area contributed by atoms with Gasteiger partial charge in [-0.25, -0.2) is 9.78 Å². The number of amides is 1. The van der Waals surface area contributed by atoms with Gasteiger partial charge in [-0.15, -0.1) is 0 Å². The molecule has 20 heavy (non-hydrogen) atoms. The Labute approximate surface area is 116 Å². The smallest absolute Gasteiger partial charge is 0.338 e. The lowest BCUT2D eigenvalue weighted by Gasteiger charge is -2.19. The average Bonchev–Trinajstić information content (AvgIpc) is 2.35. The van der Waals surface area contributed by atoms with Crippen LogP contribution < -0.4 is 10.1 Å². The fraction of sp³-hybridized carbons (Fsp3) is 0.385. The van der Waals surface area contributed by atoms with Crippen LogP contribution in [0.25, 0.3) is 0 Å². The van der Waals surface area contributed by atoms with Gasteiger partial charge in [0.15, 0.2) is 0 Å². The van der Waals surface area contributed by atoms with Crippen molar-refractivity contribution in [3.05, 3.63) is 23.4 Å². The van der Waals surface area contributed by atoms with Gasteiger partial charge in [0.05, 0.1) is 5.56 Å². The highest BCUT2D eigenvalue weighted by Gasteiger charge is 2.20. The first-order valence-corrected chi connectivity index (χ1v) is 5.84. The number of pyridine rings is 1. The topological polar surface area (TPSA) is 94.6 Å². The number of ether oxygens (including phenoxy) is 2. The molecule has 0 spiro atoms. The molecule has 0 saturated heterocycles. The fourth-order valence-corrected chi connectivity index (χ4v) is 1.31. The van der Waals surface area contributed by atoms with E-state index in [-0.39, 0.29) is 23.6 Å². The van der Waals surface area contributed by atoms with Crippen molar-refractivity contribution in [1.29, 1.82) is 0 Å². The van der Waals surface area contributed by atoms with Gasteiger partial charge in [-0.05, 0) is 26.8 Å². The third kappa shape index (κ3) is 4.34. The summed E-state index contributed by atoms with van der Waals surface area (Å²) in [5.74, 6) is -1.30. The summed E-state index contributed by atoms with van der Waals surface area (Å²) < 4.78 is 9.77. The Morgan fingerprint density at radius 3 is 2.45 bits per heavy atom. The van der Waals surface area contributed by atoms with Crippen LogP contribution in [0, 0.1) is 0 Å². The number of nitrogens with zero attached hydrogens (tertiary/aromatic N) is 1. The minimum atomic E-state index is -0.681. The molecule has 0 aliphatic heterocycles. The Bertz CT molecular complexity index is 534. The van der Waals surface area contributed by atoms with Crippen molar-refractivity contribution in [1.82, 2.24) is 10.3 Å². The summed E-state index contributed by atoms with van der Waals surface area (Å²) in [5.41, 5.74) is -0.655. The SMILES string of the molecule is CNC(=O)c1cc(C(=O)OC(C)(C)C)cc(OC=O)n1. The van der Waals surface area contributed by atoms with E-state index in [9.17, 15) is 14.4 Å². The number of rotatable bonds is 4. The molecule has 1 N–H and O–H groups in total. The summed E-state index contributed by atoms with van der Waals surface area (Å²) in [6, 6.07) is 2.50. The second kappa shape index (κ2) is 6.14. The number of carbonyl (C=O) groups is 3. The van der Waals surface area contributed by atoms with Crippen molar-refractivity contribution in [2.24, 2.45) is 0 Å². The van der Waals surface area contributed by atoms with Crippen LogP contribution in [0.2, 0.25) is 0 Å². The van der Waals surface area contributed by atoms with E-state index in [1.165, 1.54) is 19.2 Å². The molecule has 108 valence electrons. The van der Waals surface area contributed by atoms with E-state index in [0.717, 1.165) is 0 Å². The summed E-state index contributed by atoms with van der Waals surface area (Å²) in [5, 5.41) is 2.37. The fourth-order valence-electron chi connectivity index (χ4n) is 1.31. The molecule has 1 aromatic heterocycles. The van der Waals surface area contributed by atoms with Crippen LogP contribution >= 0.6 is 0 Å². The molecule has 0 fully saturated rings. The van der Waals surface area contributed by atoms with Gasteiger partial charge >= 0.3 is 5.97 Å². The number of carbonyl (C=O) groups excluding carboxylic acids is 3. The molecule has 0 aliphatic rings. The van der Waals surface area contributed by atoms with E-state index in [1.54, 1.807) is 20.8 Å². The van der Waals surface area contributed by atoms with E-state index >= 15 is 0 Å². The molecule has 0 saturated carbocycles. The van der Waals surface area contributed by atoms with Crippen LogP contribution in [0.1, 0.15) is 41.6 Å². The van der Waals surface area contributed by atoms with Crippen LogP contribution in [0.4, 0.5) is 0 Å². The number of hydrogen-bond acceptors (Lipinski definition) is 6. The quantitative estimate of drug-likeness (QED) is 0.651. The minimum absolute atomic E-state index is 0.0484. The number of hydrogen-bond donors (Lipinski definition) is 1. The summed E-state index contributed by atoms with van der Waals surface area (Å²) in [6.45, 7) is 5.31. The lowest BCUT2D eigenvalue weighted by Crippen LogP contribution is -2.25. The van der Waals surface area contributed by atoms with Crippen LogP contribution in [-0.4, -0.2) is 36.0 Å². The first kappa shape index (κ1) is 15.6.